The van der Waals surface area contributed by atoms with Crippen molar-refractivity contribution in [2.24, 2.45) is 7.05 Å². The summed E-state index contributed by atoms with van der Waals surface area (Å²) in [7, 11) is 1.92. The van der Waals surface area contributed by atoms with Crippen LogP contribution in [0, 0.1) is 6.92 Å². The Bertz CT molecular complexity index is 1170. The van der Waals surface area contributed by atoms with Crippen molar-refractivity contribution < 1.29 is 9.53 Å². The fourth-order valence-electron chi connectivity index (χ4n) is 3.30. The van der Waals surface area contributed by atoms with E-state index in [2.05, 4.69) is 20.5 Å². The predicted octanol–water partition coefficient (Wildman–Crippen LogP) is 3.05. The maximum absolute atomic E-state index is 13.0. The van der Waals surface area contributed by atoms with E-state index in [9.17, 15) is 4.79 Å². The van der Waals surface area contributed by atoms with E-state index in [4.69, 9.17) is 4.74 Å². The highest BCUT2D eigenvalue weighted by Crippen LogP contribution is 2.20. The average Bonchev–Trinajstić information content (AvgIpc) is 3.40. The van der Waals surface area contributed by atoms with Gasteiger partial charge in [-0.3, -0.25) is 9.36 Å². The molecule has 1 amide bonds. The monoisotopic (exact) mass is 404 g/mol. The molecular weight excluding hydrogens is 380 g/mol. The number of para-hydroxylation sites is 2. The molecule has 0 bridgehead atoms. The van der Waals surface area contributed by atoms with E-state index in [1.807, 2.05) is 67.9 Å². The van der Waals surface area contributed by atoms with Crippen LogP contribution >= 0.6 is 0 Å². The Kier molecular flexibility index (Phi) is 5.47. The summed E-state index contributed by atoms with van der Waals surface area (Å²) in [6.45, 7) is 4.28. The van der Waals surface area contributed by atoms with Crippen LogP contribution in [-0.2, 0) is 7.05 Å². The molecule has 0 aliphatic rings. The van der Waals surface area contributed by atoms with Crippen LogP contribution in [0.4, 0.5) is 0 Å². The van der Waals surface area contributed by atoms with Crippen LogP contribution in [0.1, 0.15) is 29.3 Å². The average molecular weight is 404 g/mol. The molecule has 4 aromatic rings. The van der Waals surface area contributed by atoms with Gasteiger partial charge in [0, 0.05) is 7.05 Å². The minimum absolute atomic E-state index is 0.170. The van der Waals surface area contributed by atoms with Crippen LogP contribution in [0.2, 0.25) is 0 Å². The van der Waals surface area contributed by atoms with Crippen molar-refractivity contribution in [1.29, 1.82) is 0 Å². The maximum Gasteiger partial charge on any atom is 0.297 e. The molecule has 0 saturated carbocycles. The lowest BCUT2D eigenvalue weighted by Crippen LogP contribution is -2.39. The van der Waals surface area contributed by atoms with Crippen molar-refractivity contribution in [2.45, 2.75) is 26.3 Å². The zero-order chi connectivity index (χ0) is 21.1. The van der Waals surface area contributed by atoms with E-state index in [0.717, 1.165) is 23.0 Å². The summed E-state index contributed by atoms with van der Waals surface area (Å²) in [5.41, 5.74) is 4.02. The third kappa shape index (κ3) is 3.89. The number of rotatable bonds is 7. The van der Waals surface area contributed by atoms with Crippen molar-refractivity contribution in [1.82, 2.24) is 29.9 Å². The molecule has 30 heavy (non-hydrogen) atoms. The molecule has 0 aliphatic carbocycles. The molecule has 2 aromatic heterocycles. The van der Waals surface area contributed by atoms with Gasteiger partial charge in [0.15, 0.2) is 0 Å². The Labute approximate surface area is 174 Å². The highest BCUT2D eigenvalue weighted by molar-refractivity contribution is 5.98. The normalized spacial score (nSPS) is 12.1. The van der Waals surface area contributed by atoms with Crippen molar-refractivity contribution in [3.63, 3.8) is 0 Å². The molecule has 2 heterocycles. The molecule has 8 heteroatoms. The Morgan fingerprint density at radius 3 is 2.67 bits per heavy atom. The number of aryl methyl sites for hydroxylation is 2. The summed E-state index contributed by atoms with van der Waals surface area (Å²) in [4.78, 5) is 19.0. The second-order valence-electron chi connectivity index (χ2n) is 7.17. The number of benzene rings is 2. The lowest BCUT2D eigenvalue weighted by Gasteiger charge is -2.18. The number of ether oxygens (including phenoxy) is 1. The molecule has 8 nitrogen and oxygen atoms in total. The Balaban J connectivity index is 1.49. The molecule has 4 rings (SSSR count). The summed E-state index contributed by atoms with van der Waals surface area (Å²) in [5, 5.41) is 11.4. The van der Waals surface area contributed by atoms with E-state index in [-0.39, 0.29) is 11.9 Å². The number of imidazole rings is 1. The van der Waals surface area contributed by atoms with Gasteiger partial charge in [-0.15, -0.1) is 0 Å². The van der Waals surface area contributed by atoms with Gasteiger partial charge in [-0.25, -0.2) is 0 Å². The second kappa shape index (κ2) is 8.36. The standard InChI is InChI=1S/C22H24N6O2/c1-4-16(14-30-22-26-18-7-5-6-8-20(18)27(22)3)25-21(29)17-13-15(2)9-10-19(17)28-23-11-12-24-28/h5-13,16H,4,14H2,1-3H3,(H,25,29)/t16-/m0/s1. The summed E-state index contributed by atoms with van der Waals surface area (Å²) in [6, 6.07) is 13.8. The van der Waals surface area contributed by atoms with Crippen LogP contribution in [0.25, 0.3) is 16.7 Å². The van der Waals surface area contributed by atoms with E-state index >= 15 is 0 Å². The Morgan fingerprint density at radius 2 is 1.93 bits per heavy atom. The van der Waals surface area contributed by atoms with Gasteiger partial charge >= 0.3 is 0 Å². The zero-order valence-corrected chi connectivity index (χ0v) is 17.2. The zero-order valence-electron chi connectivity index (χ0n) is 17.2. The Morgan fingerprint density at radius 1 is 1.17 bits per heavy atom. The first-order valence-electron chi connectivity index (χ1n) is 9.89. The van der Waals surface area contributed by atoms with Crippen molar-refractivity contribution >= 4 is 16.9 Å². The number of amides is 1. The number of nitrogens with zero attached hydrogens (tertiary/aromatic N) is 5. The molecule has 0 aliphatic heterocycles. The van der Waals surface area contributed by atoms with E-state index < -0.39 is 0 Å². The van der Waals surface area contributed by atoms with Crippen LogP contribution in [0.15, 0.2) is 54.9 Å². The van der Waals surface area contributed by atoms with E-state index in [1.54, 1.807) is 12.4 Å². The third-order valence-electron chi connectivity index (χ3n) is 5.02. The lowest BCUT2D eigenvalue weighted by molar-refractivity contribution is 0.0917. The number of nitrogens with one attached hydrogen (secondary N) is 1. The molecule has 0 radical (unpaired) electrons. The molecule has 2 aromatic carbocycles. The quantitative estimate of drug-likeness (QED) is 0.512. The topological polar surface area (TPSA) is 86.9 Å². The van der Waals surface area contributed by atoms with Crippen molar-refractivity contribution in [3.05, 3.63) is 66.0 Å². The molecule has 0 fully saturated rings. The SMILES string of the molecule is CC[C@@H](COc1nc2ccccc2n1C)NC(=O)c1cc(C)ccc1-n1nccn1. The second-order valence-corrected chi connectivity index (χ2v) is 7.17. The number of carbonyl (C=O) groups excluding carboxylic acids is 1. The molecule has 1 atom stereocenters. The smallest absolute Gasteiger partial charge is 0.297 e. The largest absolute Gasteiger partial charge is 0.462 e. The minimum Gasteiger partial charge on any atom is -0.462 e. The highest BCUT2D eigenvalue weighted by atomic mass is 16.5. The number of hydrogen-bond acceptors (Lipinski definition) is 5. The number of hydrogen-bond donors (Lipinski definition) is 1. The first-order chi connectivity index (χ1) is 14.6. The molecular formula is C22H24N6O2. The number of fused-ring (bicyclic) bond motifs is 1. The molecule has 154 valence electrons. The highest BCUT2D eigenvalue weighted by Gasteiger charge is 2.19. The first-order valence-corrected chi connectivity index (χ1v) is 9.89. The summed E-state index contributed by atoms with van der Waals surface area (Å²) in [5.74, 6) is -0.188. The summed E-state index contributed by atoms with van der Waals surface area (Å²) < 4.78 is 7.85. The summed E-state index contributed by atoms with van der Waals surface area (Å²) in [6.07, 6.45) is 3.89. The van der Waals surface area contributed by atoms with Gasteiger partial charge in [-0.2, -0.15) is 20.0 Å². The fourth-order valence-corrected chi connectivity index (χ4v) is 3.30. The van der Waals surface area contributed by atoms with Crippen molar-refractivity contribution in [3.8, 4) is 11.7 Å². The molecule has 1 N–H and O–H groups in total. The van der Waals surface area contributed by atoms with Crippen LogP contribution < -0.4 is 10.1 Å². The van der Waals surface area contributed by atoms with Gasteiger partial charge in [0.2, 0.25) is 0 Å². The number of carbonyl (C=O) groups is 1. The van der Waals surface area contributed by atoms with Crippen LogP contribution in [0.3, 0.4) is 0 Å². The maximum atomic E-state index is 13.0. The van der Waals surface area contributed by atoms with Gasteiger partial charge < -0.3 is 10.1 Å². The van der Waals surface area contributed by atoms with Gasteiger partial charge in [-0.1, -0.05) is 30.7 Å². The van der Waals surface area contributed by atoms with Crippen LogP contribution in [0.5, 0.6) is 6.01 Å². The van der Waals surface area contributed by atoms with Gasteiger partial charge in [-0.05, 0) is 37.6 Å². The van der Waals surface area contributed by atoms with E-state index in [1.165, 1.54) is 4.80 Å². The molecule has 0 spiro atoms. The van der Waals surface area contributed by atoms with Gasteiger partial charge in [0.1, 0.15) is 6.61 Å². The predicted molar refractivity (Wildman–Crippen MR) is 114 cm³/mol. The Hall–Kier alpha value is -3.68. The van der Waals surface area contributed by atoms with Gasteiger partial charge in [0.05, 0.1) is 40.7 Å². The molecule has 0 saturated heterocycles. The minimum atomic E-state index is -0.188. The fraction of sp³-hybridized carbons (Fsp3) is 0.273. The van der Waals surface area contributed by atoms with Crippen molar-refractivity contribution in [2.75, 3.05) is 6.61 Å². The van der Waals surface area contributed by atoms with E-state index in [0.29, 0.717) is 23.9 Å². The number of aromatic nitrogens is 5. The van der Waals surface area contributed by atoms with Gasteiger partial charge in [0.25, 0.3) is 11.9 Å². The van der Waals surface area contributed by atoms with Crippen LogP contribution in [-0.4, -0.2) is 43.1 Å². The third-order valence-corrected chi connectivity index (χ3v) is 5.02. The first kappa shape index (κ1) is 19.6. The molecule has 0 unspecified atom stereocenters. The summed E-state index contributed by atoms with van der Waals surface area (Å²) >= 11 is 0. The lowest BCUT2D eigenvalue weighted by atomic mass is 10.1.